The molecular weight excluding hydrogens is 334 g/mol. The van der Waals surface area contributed by atoms with E-state index in [0.717, 1.165) is 12.8 Å². The lowest BCUT2D eigenvalue weighted by atomic mass is 9.77. The smallest absolute Gasteiger partial charge is 0.0554 e. The highest BCUT2D eigenvalue weighted by molar-refractivity contribution is 9.10. The number of rotatable bonds is 2. The highest BCUT2D eigenvalue weighted by atomic mass is 79.9. The summed E-state index contributed by atoms with van der Waals surface area (Å²) in [5.41, 5.74) is 5.49. The molecule has 0 unspecified atom stereocenters. The lowest BCUT2D eigenvalue weighted by Gasteiger charge is -2.38. The van der Waals surface area contributed by atoms with Gasteiger partial charge < -0.3 is 5.32 Å². The maximum absolute atomic E-state index is 3.80. The minimum absolute atomic E-state index is 0.386. The number of para-hydroxylation sites is 1. The zero-order valence-corrected chi connectivity index (χ0v) is 14.3. The zero-order chi connectivity index (χ0) is 15.1. The van der Waals surface area contributed by atoms with Crippen molar-refractivity contribution in [1.82, 2.24) is 0 Å². The van der Waals surface area contributed by atoms with Gasteiger partial charge in [0.05, 0.1) is 11.7 Å². The van der Waals surface area contributed by atoms with Crippen molar-refractivity contribution < 1.29 is 0 Å². The molecule has 4 rings (SSSR count). The minimum atomic E-state index is 0.386. The van der Waals surface area contributed by atoms with E-state index in [1.165, 1.54) is 26.9 Å². The summed E-state index contributed by atoms with van der Waals surface area (Å²) in [7, 11) is 0. The van der Waals surface area contributed by atoms with Crippen LogP contribution in [0.15, 0.2) is 59.1 Å². The number of aryl methyl sites for hydroxylation is 1. The zero-order valence-electron chi connectivity index (χ0n) is 12.7. The summed E-state index contributed by atoms with van der Waals surface area (Å²) >= 11 is 3.72. The summed E-state index contributed by atoms with van der Waals surface area (Å²) in [6.45, 7) is 2.21. The third-order valence-electron chi connectivity index (χ3n) is 5.09. The molecular formula is C20H20BrN. The van der Waals surface area contributed by atoms with Gasteiger partial charge in [0.15, 0.2) is 0 Å². The van der Waals surface area contributed by atoms with Crippen molar-refractivity contribution in [2.24, 2.45) is 5.92 Å². The second-order valence-corrected chi connectivity index (χ2v) is 7.13. The Labute approximate surface area is 140 Å². The van der Waals surface area contributed by atoms with Crippen LogP contribution in [-0.4, -0.2) is 0 Å². The van der Waals surface area contributed by atoms with Crippen LogP contribution in [0.2, 0.25) is 0 Å². The molecule has 1 aliphatic carbocycles. The lowest BCUT2D eigenvalue weighted by Crippen LogP contribution is -2.29. The summed E-state index contributed by atoms with van der Waals surface area (Å²) < 4.78 is 1.17. The monoisotopic (exact) mass is 353 g/mol. The SMILES string of the molecule is CCc1ccc([C@@H]2Nc3c(Br)cccc3[C@@H]3C=CC[C@H]32)cc1. The van der Waals surface area contributed by atoms with E-state index in [1.54, 1.807) is 0 Å². The number of halogens is 1. The summed E-state index contributed by atoms with van der Waals surface area (Å²) in [4.78, 5) is 0. The van der Waals surface area contributed by atoms with E-state index in [2.05, 4.69) is 82.8 Å². The van der Waals surface area contributed by atoms with Crippen LogP contribution in [0.1, 0.15) is 42.0 Å². The molecule has 0 saturated carbocycles. The van der Waals surface area contributed by atoms with Gasteiger partial charge in [-0.05, 0) is 57.4 Å². The topological polar surface area (TPSA) is 12.0 Å². The fourth-order valence-electron chi connectivity index (χ4n) is 3.87. The first-order chi connectivity index (χ1) is 10.8. The number of hydrogen-bond acceptors (Lipinski definition) is 1. The molecule has 0 fully saturated rings. The molecule has 0 aromatic heterocycles. The van der Waals surface area contributed by atoms with Gasteiger partial charge in [0, 0.05) is 10.4 Å². The van der Waals surface area contributed by atoms with Crippen molar-refractivity contribution in [3.8, 4) is 0 Å². The molecule has 2 heteroatoms. The quantitative estimate of drug-likeness (QED) is 0.668. The fraction of sp³-hybridized carbons (Fsp3) is 0.300. The second kappa shape index (κ2) is 5.58. The van der Waals surface area contributed by atoms with Gasteiger partial charge in [0.25, 0.3) is 0 Å². The van der Waals surface area contributed by atoms with E-state index < -0.39 is 0 Å². The Bertz CT molecular complexity index is 717. The Morgan fingerprint density at radius 1 is 1.14 bits per heavy atom. The first-order valence-corrected chi connectivity index (χ1v) is 8.87. The van der Waals surface area contributed by atoms with Gasteiger partial charge in [-0.2, -0.15) is 0 Å². The molecule has 1 heterocycles. The largest absolute Gasteiger partial charge is 0.377 e. The third-order valence-corrected chi connectivity index (χ3v) is 5.75. The Balaban J connectivity index is 1.76. The second-order valence-electron chi connectivity index (χ2n) is 6.27. The van der Waals surface area contributed by atoms with Crippen LogP contribution in [0.5, 0.6) is 0 Å². The van der Waals surface area contributed by atoms with Crippen molar-refractivity contribution in [2.45, 2.75) is 31.7 Å². The molecule has 1 nitrogen and oxygen atoms in total. The summed E-state index contributed by atoms with van der Waals surface area (Å²) in [5, 5.41) is 3.80. The lowest BCUT2D eigenvalue weighted by molar-refractivity contribution is 0.425. The predicted molar refractivity (Wildman–Crippen MR) is 96.3 cm³/mol. The summed E-state index contributed by atoms with van der Waals surface area (Å²) in [5.74, 6) is 1.15. The molecule has 1 aliphatic heterocycles. The number of nitrogens with one attached hydrogen (secondary N) is 1. The van der Waals surface area contributed by atoms with Gasteiger partial charge >= 0.3 is 0 Å². The molecule has 0 amide bonds. The highest BCUT2D eigenvalue weighted by Crippen LogP contribution is 2.51. The number of benzene rings is 2. The molecule has 112 valence electrons. The van der Waals surface area contributed by atoms with Crippen LogP contribution in [0.4, 0.5) is 5.69 Å². The van der Waals surface area contributed by atoms with Crippen LogP contribution in [0, 0.1) is 5.92 Å². The van der Waals surface area contributed by atoms with E-state index in [-0.39, 0.29) is 0 Å². The first kappa shape index (κ1) is 14.1. The van der Waals surface area contributed by atoms with Crippen LogP contribution in [0.3, 0.4) is 0 Å². The van der Waals surface area contributed by atoms with Gasteiger partial charge in [-0.3, -0.25) is 0 Å². The van der Waals surface area contributed by atoms with Crippen LogP contribution in [-0.2, 0) is 6.42 Å². The van der Waals surface area contributed by atoms with Crippen LogP contribution in [0.25, 0.3) is 0 Å². The Morgan fingerprint density at radius 2 is 1.95 bits per heavy atom. The van der Waals surface area contributed by atoms with Crippen molar-refractivity contribution in [3.63, 3.8) is 0 Å². The molecule has 2 aromatic rings. The van der Waals surface area contributed by atoms with Crippen LogP contribution < -0.4 is 5.32 Å². The number of fused-ring (bicyclic) bond motifs is 3. The Morgan fingerprint density at radius 3 is 2.73 bits per heavy atom. The normalized spacial score (nSPS) is 25.5. The molecule has 0 saturated heterocycles. The Hall–Kier alpha value is -1.54. The third kappa shape index (κ3) is 2.21. The van der Waals surface area contributed by atoms with E-state index in [1.807, 2.05) is 0 Å². The van der Waals surface area contributed by atoms with E-state index in [9.17, 15) is 0 Å². The maximum atomic E-state index is 3.80. The molecule has 0 bridgehead atoms. The van der Waals surface area contributed by atoms with Gasteiger partial charge in [-0.15, -0.1) is 0 Å². The van der Waals surface area contributed by atoms with Crippen molar-refractivity contribution in [2.75, 3.05) is 5.32 Å². The van der Waals surface area contributed by atoms with Crippen molar-refractivity contribution in [3.05, 3.63) is 75.8 Å². The number of anilines is 1. The standard InChI is InChI=1S/C20H20BrN/c1-2-13-9-11-14(12-10-13)19-16-6-3-5-15(16)17-7-4-8-18(21)20(17)22-19/h3-5,7-12,15-16,19,22H,2,6H2,1H3/t15-,16-,19+/m1/s1. The summed E-state index contributed by atoms with van der Waals surface area (Å²) in [6, 6.07) is 16.1. The fourth-order valence-corrected chi connectivity index (χ4v) is 4.37. The van der Waals surface area contributed by atoms with Gasteiger partial charge in [-0.25, -0.2) is 0 Å². The number of hydrogen-bond donors (Lipinski definition) is 1. The van der Waals surface area contributed by atoms with E-state index in [4.69, 9.17) is 0 Å². The molecule has 1 N–H and O–H groups in total. The molecule has 2 aliphatic rings. The molecule has 0 spiro atoms. The maximum Gasteiger partial charge on any atom is 0.0554 e. The molecule has 0 radical (unpaired) electrons. The average molecular weight is 354 g/mol. The Kier molecular flexibility index (Phi) is 3.57. The van der Waals surface area contributed by atoms with Crippen LogP contribution >= 0.6 is 15.9 Å². The van der Waals surface area contributed by atoms with Gasteiger partial charge in [0.1, 0.15) is 0 Å². The predicted octanol–water partition coefficient (Wildman–Crippen LogP) is 5.84. The minimum Gasteiger partial charge on any atom is -0.377 e. The van der Waals surface area contributed by atoms with Crippen molar-refractivity contribution in [1.29, 1.82) is 0 Å². The molecule has 2 aromatic carbocycles. The summed E-state index contributed by atoms with van der Waals surface area (Å²) in [6.07, 6.45) is 6.99. The molecule has 22 heavy (non-hydrogen) atoms. The van der Waals surface area contributed by atoms with Gasteiger partial charge in [0.2, 0.25) is 0 Å². The highest BCUT2D eigenvalue weighted by Gasteiger charge is 2.38. The first-order valence-electron chi connectivity index (χ1n) is 8.08. The average Bonchev–Trinajstić information content (AvgIpc) is 3.05. The van der Waals surface area contributed by atoms with Crippen molar-refractivity contribution >= 4 is 21.6 Å². The van der Waals surface area contributed by atoms with Gasteiger partial charge in [-0.1, -0.05) is 55.5 Å². The molecule has 3 atom stereocenters. The van der Waals surface area contributed by atoms with E-state index >= 15 is 0 Å². The van der Waals surface area contributed by atoms with E-state index in [0.29, 0.717) is 17.9 Å². The number of allylic oxidation sites excluding steroid dienone is 2.